The number of carbonyl (C=O) groups excluding carboxylic acids is 3. The Hall–Kier alpha value is -2.86. The first-order valence-corrected chi connectivity index (χ1v) is 13.5. The van der Waals surface area contributed by atoms with Gasteiger partial charge in [-0.1, -0.05) is 0 Å². The summed E-state index contributed by atoms with van der Waals surface area (Å²) >= 11 is 0. The molecule has 0 aromatic heterocycles. The highest BCUT2D eigenvalue weighted by atomic mass is 16.4. The molecule has 0 spiro atoms. The van der Waals surface area contributed by atoms with E-state index in [0.717, 1.165) is 0 Å². The first-order chi connectivity index (χ1) is 19.0. The number of aliphatic carboxylic acids is 3. The molecule has 0 amide bonds. The van der Waals surface area contributed by atoms with Gasteiger partial charge in [0.2, 0.25) is 0 Å². The van der Waals surface area contributed by atoms with Gasteiger partial charge in [0.1, 0.15) is 61.3 Å². The molecular formula is C27H50N3O13+3. The molecule has 16 heteroatoms. The minimum absolute atomic E-state index is 0.00269. The third-order valence-electron chi connectivity index (χ3n) is 6.53. The van der Waals surface area contributed by atoms with Crippen LogP contribution >= 0.6 is 0 Å². The van der Waals surface area contributed by atoms with Gasteiger partial charge in [-0.15, -0.1) is 0 Å². The van der Waals surface area contributed by atoms with Crippen molar-refractivity contribution >= 4 is 35.3 Å². The Labute approximate surface area is 251 Å². The van der Waals surface area contributed by atoms with Crippen molar-refractivity contribution in [2.24, 2.45) is 17.8 Å². The summed E-state index contributed by atoms with van der Waals surface area (Å²) in [4.78, 5) is 76.4. The van der Waals surface area contributed by atoms with Crippen molar-refractivity contribution in [2.75, 3.05) is 83.1 Å². The number of hydrogen-bond acceptors (Lipinski definition) is 10. The van der Waals surface area contributed by atoms with Crippen LogP contribution in [-0.4, -0.2) is 191 Å². The lowest BCUT2D eigenvalue weighted by atomic mass is 9.75. The molecule has 0 saturated heterocycles. The van der Waals surface area contributed by atoms with E-state index in [2.05, 4.69) is 0 Å². The van der Waals surface area contributed by atoms with Crippen LogP contribution in [0.3, 0.4) is 0 Å². The molecular weight excluding hydrogens is 574 g/mol. The highest BCUT2D eigenvalue weighted by molar-refractivity contribution is 6.10. The average Bonchev–Trinajstić information content (AvgIpc) is 2.68. The largest absolute Gasteiger partial charge is 0.481 e. The van der Waals surface area contributed by atoms with Gasteiger partial charge in [-0.05, 0) is 0 Å². The van der Waals surface area contributed by atoms with Crippen LogP contribution in [0, 0.1) is 17.8 Å². The van der Waals surface area contributed by atoms with Gasteiger partial charge in [0, 0.05) is 12.8 Å². The summed E-state index contributed by atoms with van der Waals surface area (Å²) in [5.74, 6) is -17.1. The molecule has 0 heterocycles. The van der Waals surface area contributed by atoms with Crippen molar-refractivity contribution in [3.8, 4) is 0 Å². The number of hydrogen-bond donors (Lipinski definition) is 7. The molecule has 7 N–H and O–H groups in total. The zero-order chi connectivity index (χ0) is 34.5. The molecule has 43 heavy (non-hydrogen) atoms. The van der Waals surface area contributed by atoms with E-state index in [1.54, 1.807) is 63.4 Å². The van der Waals surface area contributed by atoms with Crippen molar-refractivity contribution in [2.45, 2.75) is 36.8 Å². The first kappa shape index (κ1) is 40.1. The molecule has 0 bridgehead atoms. The van der Waals surface area contributed by atoms with Crippen molar-refractivity contribution in [1.29, 1.82) is 0 Å². The average molecular weight is 625 g/mol. The van der Waals surface area contributed by atoms with Gasteiger partial charge < -0.3 is 49.2 Å². The normalized spacial score (nSPS) is 18.3. The minimum atomic E-state index is -3.32. The van der Waals surface area contributed by atoms with Gasteiger partial charge in [-0.2, -0.15) is 0 Å². The molecule has 6 atom stereocenters. The number of carboxylic acid groups (broad SMARTS) is 3. The number of likely N-dealkylation sites (N-methyl/N-ethyl adjacent to an activating group) is 3. The summed E-state index contributed by atoms with van der Waals surface area (Å²) in [6.45, 7) is -0.890. The highest BCUT2D eigenvalue weighted by Gasteiger charge is 2.53. The second kappa shape index (κ2) is 14.7. The van der Waals surface area contributed by atoms with E-state index in [4.69, 9.17) is 0 Å². The van der Waals surface area contributed by atoms with Gasteiger partial charge >= 0.3 is 17.9 Å². The third kappa shape index (κ3) is 13.1. The second-order valence-electron chi connectivity index (χ2n) is 14.3. The number of Topliss-reactive ketones (excluding diaryl/α,β-unsaturated/α-hetero) is 3. The Morgan fingerprint density at radius 2 is 0.744 bits per heavy atom. The number of quaternary nitrogens is 3. The van der Waals surface area contributed by atoms with Gasteiger partial charge in [0.05, 0.1) is 63.4 Å². The molecule has 6 unspecified atom stereocenters. The standard InChI is InChI=1S/C27H47N3O13/c1-28(2,3)12-17(33)20(24(37)38)15(31)10-27(43,23(36)22(26(41)42)19(35)14-30(7,8)9)11-16(32)21(25(39)40)18(34)13-29(4,5)6/h17-22,33-35,43H,10-14H2,1-9H3/p+3. The number of carbonyl (C=O) groups is 6. The van der Waals surface area contributed by atoms with E-state index in [1.165, 1.54) is 0 Å². The summed E-state index contributed by atoms with van der Waals surface area (Å²) in [7, 11) is 14.2. The van der Waals surface area contributed by atoms with Gasteiger partial charge in [0.25, 0.3) is 0 Å². The smallest absolute Gasteiger partial charge is 0.317 e. The van der Waals surface area contributed by atoms with Crippen LogP contribution < -0.4 is 0 Å². The number of ketones is 3. The summed E-state index contributed by atoms with van der Waals surface area (Å²) in [5.41, 5.74) is -3.32. The maximum atomic E-state index is 13.7. The number of aliphatic hydroxyl groups excluding tert-OH is 3. The zero-order valence-corrected chi connectivity index (χ0v) is 26.4. The SMILES string of the molecule is C[N+](C)(C)CC(O)C(C(=O)O)C(=O)CC(O)(CC(=O)C(C(=O)O)C(O)C[N+](C)(C)C)C(=O)C(C(=O)O)C(O)C[N+](C)(C)C. The van der Waals surface area contributed by atoms with Crippen LogP contribution in [0.25, 0.3) is 0 Å². The van der Waals surface area contributed by atoms with E-state index in [9.17, 15) is 64.5 Å². The third-order valence-corrected chi connectivity index (χ3v) is 6.53. The number of nitrogens with zero attached hydrogens (tertiary/aromatic N) is 3. The van der Waals surface area contributed by atoms with E-state index < -0.39 is 89.8 Å². The number of rotatable bonds is 20. The molecule has 0 aliphatic rings. The summed E-state index contributed by atoms with van der Waals surface area (Å²) in [6.07, 6.45) is -8.63. The molecule has 0 aliphatic carbocycles. The van der Waals surface area contributed by atoms with E-state index in [0.29, 0.717) is 0 Å². The lowest BCUT2D eigenvalue weighted by Gasteiger charge is -2.35. The fraction of sp³-hybridized carbons (Fsp3) is 0.778. The lowest BCUT2D eigenvalue weighted by molar-refractivity contribution is -0.873. The first-order valence-electron chi connectivity index (χ1n) is 13.5. The molecule has 0 aromatic carbocycles. The Morgan fingerprint density at radius 3 is 0.953 bits per heavy atom. The van der Waals surface area contributed by atoms with E-state index >= 15 is 0 Å². The summed E-state index contributed by atoms with van der Waals surface area (Å²) in [6, 6.07) is 0. The fourth-order valence-electron chi connectivity index (χ4n) is 4.81. The molecule has 16 nitrogen and oxygen atoms in total. The molecule has 0 aromatic rings. The second-order valence-corrected chi connectivity index (χ2v) is 14.3. The Kier molecular flexibility index (Phi) is 13.8. The van der Waals surface area contributed by atoms with Crippen LogP contribution in [-0.2, 0) is 28.8 Å². The van der Waals surface area contributed by atoms with Crippen LogP contribution in [0.5, 0.6) is 0 Å². The van der Waals surface area contributed by atoms with Crippen molar-refractivity contribution in [3.05, 3.63) is 0 Å². The fourth-order valence-corrected chi connectivity index (χ4v) is 4.81. The van der Waals surface area contributed by atoms with Crippen LogP contribution in [0.1, 0.15) is 12.8 Å². The topological polar surface area (TPSA) is 244 Å². The molecule has 0 saturated carbocycles. The van der Waals surface area contributed by atoms with Crippen LogP contribution in [0.2, 0.25) is 0 Å². The monoisotopic (exact) mass is 624 g/mol. The molecule has 0 radical (unpaired) electrons. The minimum Gasteiger partial charge on any atom is -0.481 e. The predicted molar refractivity (Wildman–Crippen MR) is 149 cm³/mol. The number of carboxylic acids is 3. The summed E-state index contributed by atoms with van der Waals surface area (Å²) < 4.78 is -0.0450. The Bertz CT molecular complexity index is 1000. The Morgan fingerprint density at radius 1 is 0.512 bits per heavy atom. The van der Waals surface area contributed by atoms with Gasteiger partial charge in [-0.3, -0.25) is 28.8 Å². The zero-order valence-electron chi connectivity index (χ0n) is 26.4. The number of aliphatic hydroxyl groups is 4. The molecule has 0 fully saturated rings. The van der Waals surface area contributed by atoms with Gasteiger partial charge in [0.15, 0.2) is 17.3 Å². The maximum absolute atomic E-state index is 13.7. The van der Waals surface area contributed by atoms with Crippen LogP contribution in [0.4, 0.5) is 0 Å². The molecule has 248 valence electrons. The maximum Gasteiger partial charge on any atom is 0.317 e. The quantitative estimate of drug-likeness (QED) is 0.0514. The predicted octanol–water partition coefficient (Wildman–Crippen LogP) is -3.49. The van der Waals surface area contributed by atoms with Gasteiger partial charge in [-0.25, -0.2) is 0 Å². The Balaban J connectivity index is 6.93. The highest BCUT2D eigenvalue weighted by Crippen LogP contribution is 2.29. The summed E-state index contributed by atoms with van der Waals surface area (Å²) in [5, 5.41) is 72.6. The van der Waals surface area contributed by atoms with E-state index in [-0.39, 0.29) is 33.1 Å². The van der Waals surface area contributed by atoms with Crippen LogP contribution in [0.15, 0.2) is 0 Å². The molecule has 0 rings (SSSR count). The van der Waals surface area contributed by atoms with Crippen molar-refractivity contribution in [3.63, 3.8) is 0 Å². The lowest BCUT2D eigenvalue weighted by Crippen LogP contribution is -2.57. The van der Waals surface area contributed by atoms with Crippen molar-refractivity contribution in [1.82, 2.24) is 0 Å². The van der Waals surface area contributed by atoms with E-state index in [1.807, 2.05) is 0 Å². The molecule has 0 aliphatic heterocycles. The van der Waals surface area contributed by atoms with Crippen molar-refractivity contribution < 1.29 is 78.0 Å².